The standard InChI is InChI=1S/C21H23ClN2O2/c1-2-24(18-9-4-3-5-10-18)20(26)21(12-13-21)19(25)23-14-11-16-7-6-8-17(22)15-16/h3-10,15H,2,11-14H2,1H3,(H,23,25). The van der Waals surface area contributed by atoms with Crippen LogP contribution in [0.15, 0.2) is 54.6 Å². The van der Waals surface area contributed by atoms with Gasteiger partial charge in [-0.3, -0.25) is 9.59 Å². The lowest BCUT2D eigenvalue weighted by atomic mass is 10.0. The van der Waals surface area contributed by atoms with Crippen LogP contribution in [0.3, 0.4) is 0 Å². The summed E-state index contributed by atoms with van der Waals surface area (Å²) in [5.41, 5.74) is 0.992. The van der Waals surface area contributed by atoms with Crippen molar-refractivity contribution in [1.29, 1.82) is 0 Å². The summed E-state index contributed by atoms with van der Waals surface area (Å²) in [6, 6.07) is 17.1. The summed E-state index contributed by atoms with van der Waals surface area (Å²) in [7, 11) is 0. The fraction of sp³-hybridized carbons (Fsp3) is 0.333. The molecule has 2 aromatic carbocycles. The van der Waals surface area contributed by atoms with Gasteiger partial charge >= 0.3 is 0 Å². The molecule has 0 bridgehead atoms. The predicted molar refractivity (Wildman–Crippen MR) is 104 cm³/mol. The number of rotatable bonds is 7. The highest BCUT2D eigenvalue weighted by molar-refractivity contribution is 6.30. The molecule has 0 spiro atoms. The second-order valence-electron chi connectivity index (χ2n) is 6.60. The molecular weight excluding hydrogens is 348 g/mol. The topological polar surface area (TPSA) is 49.4 Å². The van der Waals surface area contributed by atoms with Crippen LogP contribution < -0.4 is 10.2 Å². The van der Waals surface area contributed by atoms with Crippen molar-refractivity contribution >= 4 is 29.1 Å². The number of halogens is 1. The maximum absolute atomic E-state index is 13.0. The average molecular weight is 371 g/mol. The van der Waals surface area contributed by atoms with Crippen LogP contribution in [-0.4, -0.2) is 24.9 Å². The SMILES string of the molecule is CCN(C(=O)C1(C(=O)NCCc2cccc(Cl)c2)CC1)c1ccccc1. The number of carbonyl (C=O) groups excluding carboxylic acids is 2. The molecule has 0 aliphatic heterocycles. The third-order valence-electron chi connectivity index (χ3n) is 4.81. The minimum Gasteiger partial charge on any atom is -0.355 e. The van der Waals surface area contributed by atoms with Crippen LogP contribution in [0, 0.1) is 5.41 Å². The summed E-state index contributed by atoms with van der Waals surface area (Å²) in [6.45, 7) is 2.96. The zero-order valence-electron chi connectivity index (χ0n) is 14.9. The first-order valence-electron chi connectivity index (χ1n) is 8.96. The third-order valence-corrected chi connectivity index (χ3v) is 5.05. The molecule has 0 radical (unpaired) electrons. The Labute approximate surface area is 159 Å². The summed E-state index contributed by atoms with van der Waals surface area (Å²) >= 11 is 5.98. The minimum atomic E-state index is -0.903. The van der Waals surface area contributed by atoms with E-state index in [-0.39, 0.29) is 11.8 Å². The molecule has 3 rings (SSSR count). The van der Waals surface area contributed by atoms with E-state index >= 15 is 0 Å². The van der Waals surface area contributed by atoms with Crippen molar-refractivity contribution in [2.75, 3.05) is 18.0 Å². The summed E-state index contributed by atoms with van der Waals surface area (Å²) in [5, 5.41) is 3.62. The highest BCUT2D eigenvalue weighted by atomic mass is 35.5. The molecular formula is C21H23ClN2O2. The smallest absolute Gasteiger partial charge is 0.242 e. The number of nitrogens with one attached hydrogen (secondary N) is 1. The molecule has 4 nitrogen and oxygen atoms in total. The molecule has 1 aliphatic carbocycles. The van der Waals surface area contributed by atoms with Gasteiger partial charge in [-0.2, -0.15) is 0 Å². The van der Waals surface area contributed by atoms with Crippen LogP contribution in [-0.2, 0) is 16.0 Å². The van der Waals surface area contributed by atoms with E-state index in [0.29, 0.717) is 37.4 Å². The molecule has 1 fully saturated rings. The van der Waals surface area contributed by atoms with E-state index in [1.54, 1.807) is 4.90 Å². The minimum absolute atomic E-state index is 0.105. The van der Waals surface area contributed by atoms with Crippen molar-refractivity contribution in [3.05, 3.63) is 65.2 Å². The highest BCUT2D eigenvalue weighted by Gasteiger charge is 2.57. The first-order valence-corrected chi connectivity index (χ1v) is 9.34. The molecule has 0 heterocycles. The monoisotopic (exact) mass is 370 g/mol. The van der Waals surface area contributed by atoms with Gasteiger partial charge in [0, 0.05) is 23.8 Å². The van der Waals surface area contributed by atoms with Gasteiger partial charge in [0.05, 0.1) is 0 Å². The van der Waals surface area contributed by atoms with Gasteiger partial charge < -0.3 is 10.2 Å². The van der Waals surface area contributed by atoms with Crippen LogP contribution in [0.1, 0.15) is 25.3 Å². The van der Waals surface area contributed by atoms with E-state index in [2.05, 4.69) is 5.32 Å². The molecule has 2 aromatic rings. The van der Waals surface area contributed by atoms with Crippen molar-refractivity contribution < 1.29 is 9.59 Å². The quantitative estimate of drug-likeness (QED) is 0.753. The average Bonchev–Trinajstić information content (AvgIpc) is 3.45. The molecule has 1 N–H and O–H groups in total. The van der Waals surface area contributed by atoms with E-state index in [9.17, 15) is 9.59 Å². The van der Waals surface area contributed by atoms with Crippen LogP contribution in [0.2, 0.25) is 5.02 Å². The second-order valence-corrected chi connectivity index (χ2v) is 7.04. The summed E-state index contributed by atoms with van der Waals surface area (Å²) in [5.74, 6) is -0.273. The first-order chi connectivity index (χ1) is 12.6. The Bertz CT molecular complexity index is 788. The van der Waals surface area contributed by atoms with Crippen molar-refractivity contribution in [2.24, 2.45) is 5.41 Å². The van der Waals surface area contributed by atoms with Crippen molar-refractivity contribution in [2.45, 2.75) is 26.2 Å². The zero-order valence-corrected chi connectivity index (χ0v) is 15.6. The van der Waals surface area contributed by atoms with E-state index in [4.69, 9.17) is 11.6 Å². The number of para-hydroxylation sites is 1. The lowest BCUT2D eigenvalue weighted by Gasteiger charge is -2.26. The Hall–Kier alpha value is -2.33. The van der Waals surface area contributed by atoms with Crippen molar-refractivity contribution in [3.63, 3.8) is 0 Å². The van der Waals surface area contributed by atoms with Crippen molar-refractivity contribution in [1.82, 2.24) is 5.32 Å². The molecule has 0 aromatic heterocycles. The van der Waals surface area contributed by atoms with Crippen LogP contribution >= 0.6 is 11.6 Å². The van der Waals surface area contributed by atoms with E-state index in [1.807, 2.05) is 61.5 Å². The van der Waals surface area contributed by atoms with E-state index in [1.165, 1.54) is 0 Å². The number of hydrogen-bond donors (Lipinski definition) is 1. The number of benzene rings is 2. The molecule has 26 heavy (non-hydrogen) atoms. The number of nitrogens with zero attached hydrogens (tertiary/aromatic N) is 1. The lowest BCUT2D eigenvalue weighted by Crippen LogP contribution is -2.45. The van der Waals surface area contributed by atoms with Gasteiger partial charge in [0.15, 0.2) is 0 Å². The normalized spacial score (nSPS) is 14.5. The largest absolute Gasteiger partial charge is 0.355 e. The lowest BCUT2D eigenvalue weighted by molar-refractivity contribution is -0.135. The zero-order chi connectivity index (χ0) is 18.6. The first kappa shape index (κ1) is 18.5. The highest BCUT2D eigenvalue weighted by Crippen LogP contribution is 2.48. The Kier molecular flexibility index (Phi) is 5.62. The van der Waals surface area contributed by atoms with Crippen molar-refractivity contribution in [3.8, 4) is 0 Å². The molecule has 2 amide bonds. The predicted octanol–water partition coefficient (Wildman–Crippen LogP) is 3.83. The molecule has 0 atom stereocenters. The Morgan fingerprint density at radius 2 is 1.85 bits per heavy atom. The molecule has 136 valence electrons. The van der Waals surface area contributed by atoms with Crippen LogP contribution in [0.5, 0.6) is 0 Å². The summed E-state index contributed by atoms with van der Waals surface area (Å²) in [6.07, 6.45) is 1.91. The van der Waals surface area contributed by atoms with E-state index < -0.39 is 5.41 Å². The Balaban J connectivity index is 1.62. The van der Waals surface area contributed by atoms with Gasteiger partial charge in [0.2, 0.25) is 11.8 Å². The van der Waals surface area contributed by atoms with Gasteiger partial charge in [-0.15, -0.1) is 0 Å². The molecule has 5 heteroatoms. The molecule has 1 saturated carbocycles. The van der Waals surface area contributed by atoms with Gasteiger partial charge in [-0.05, 0) is 56.0 Å². The Morgan fingerprint density at radius 1 is 1.12 bits per heavy atom. The molecule has 1 aliphatic rings. The number of hydrogen-bond acceptors (Lipinski definition) is 2. The van der Waals surface area contributed by atoms with Gasteiger partial charge in [0.25, 0.3) is 0 Å². The fourth-order valence-corrected chi connectivity index (χ4v) is 3.37. The van der Waals surface area contributed by atoms with Gasteiger partial charge in [-0.1, -0.05) is 41.9 Å². The van der Waals surface area contributed by atoms with Crippen LogP contribution in [0.25, 0.3) is 0 Å². The number of amides is 2. The maximum Gasteiger partial charge on any atom is 0.242 e. The second kappa shape index (κ2) is 7.92. The maximum atomic E-state index is 13.0. The Morgan fingerprint density at radius 3 is 2.46 bits per heavy atom. The summed E-state index contributed by atoms with van der Waals surface area (Å²) < 4.78 is 0. The van der Waals surface area contributed by atoms with E-state index in [0.717, 1.165) is 11.3 Å². The number of anilines is 1. The molecule has 0 unspecified atom stereocenters. The van der Waals surface area contributed by atoms with Gasteiger partial charge in [0.1, 0.15) is 5.41 Å². The number of carbonyl (C=O) groups is 2. The molecule has 0 saturated heterocycles. The fourth-order valence-electron chi connectivity index (χ4n) is 3.15. The third kappa shape index (κ3) is 3.91. The van der Waals surface area contributed by atoms with Crippen LogP contribution in [0.4, 0.5) is 5.69 Å². The van der Waals surface area contributed by atoms with Gasteiger partial charge in [-0.25, -0.2) is 0 Å². The summed E-state index contributed by atoms with van der Waals surface area (Å²) in [4.78, 5) is 27.4.